The van der Waals surface area contributed by atoms with Gasteiger partial charge in [-0.05, 0) is 27.2 Å². The van der Waals surface area contributed by atoms with Crippen molar-refractivity contribution in [3.63, 3.8) is 0 Å². The molecule has 90 valence electrons. The average molecular weight is 286 g/mol. The predicted octanol–water partition coefficient (Wildman–Crippen LogP) is 4.05. The molecule has 3 heteroatoms. The molecule has 16 heavy (non-hydrogen) atoms. The molecule has 1 aromatic rings. The zero-order valence-electron chi connectivity index (χ0n) is 10.3. The largest absolute Gasteiger partial charge is 0.489 e. The molecule has 2 nitrogen and oxygen atoms in total. The highest BCUT2D eigenvalue weighted by Crippen LogP contribution is 2.27. The number of aryl methyl sites for hydroxylation is 1. The van der Waals surface area contributed by atoms with Crippen molar-refractivity contribution < 1.29 is 4.74 Å². The van der Waals surface area contributed by atoms with Crippen molar-refractivity contribution in [3.05, 3.63) is 30.1 Å². The van der Waals surface area contributed by atoms with Crippen molar-refractivity contribution in [2.24, 2.45) is 0 Å². The number of nitrogens with zero attached hydrogens (tertiary/aromatic N) is 1. The van der Waals surface area contributed by atoms with E-state index >= 15 is 0 Å². The summed E-state index contributed by atoms with van der Waals surface area (Å²) in [5, 5.41) is 0.859. The maximum absolute atomic E-state index is 5.78. The second-order valence-electron chi connectivity index (χ2n) is 4.14. The quantitative estimate of drug-likeness (QED) is 0.568. The fraction of sp³-hybridized carbons (Fsp3) is 0.538. The van der Waals surface area contributed by atoms with Gasteiger partial charge in [0.1, 0.15) is 5.75 Å². The Balaban J connectivity index is 2.94. The second-order valence-corrected chi connectivity index (χ2v) is 4.70. The lowest BCUT2D eigenvalue weighted by atomic mass is 10.2. The van der Waals surface area contributed by atoms with E-state index in [2.05, 4.69) is 40.2 Å². The van der Waals surface area contributed by atoms with Gasteiger partial charge < -0.3 is 9.30 Å². The minimum absolute atomic E-state index is 0.220. The summed E-state index contributed by atoms with van der Waals surface area (Å²) >= 11 is 3.53. The number of alkyl halides is 1. The summed E-state index contributed by atoms with van der Waals surface area (Å²) < 4.78 is 8.02. The first kappa shape index (κ1) is 13.4. The van der Waals surface area contributed by atoms with E-state index in [4.69, 9.17) is 4.74 Å². The van der Waals surface area contributed by atoms with Crippen molar-refractivity contribution in [2.75, 3.05) is 0 Å². The number of ether oxygens (including phenoxy) is 1. The first-order chi connectivity index (χ1) is 7.60. The van der Waals surface area contributed by atoms with Gasteiger partial charge in [-0.25, -0.2) is 0 Å². The number of aromatic nitrogens is 1. The smallest absolute Gasteiger partial charge is 0.140 e. The van der Waals surface area contributed by atoms with E-state index in [-0.39, 0.29) is 6.10 Å². The van der Waals surface area contributed by atoms with E-state index in [1.165, 1.54) is 11.3 Å². The van der Waals surface area contributed by atoms with Crippen molar-refractivity contribution in [1.82, 2.24) is 4.57 Å². The fourth-order valence-electron chi connectivity index (χ4n) is 1.65. The van der Waals surface area contributed by atoms with Crippen LogP contribution in [0.2, 0.25) is 0 Å². The Labute approximate surface area is 106 Å². The number of halogens is 1. The van der Waals surface area contributed by atoms with Gasteiger partial charge in [0.15, 0.2) is 0 Å². The van der Waals surface area contributed by atoms with Gasteiger partial charge in [0.2, 0.25) is 0 Å². The predicted molar refractivity (Wildman–Crippen MR) is 72.4 cm³/mol. The lowest BCUT2D eigenvalue weighted by Gasteiger charge is -2.08. The maximum Gasteiger partial charge on any atom is 0.140 e. The Kier molecular flexibility index (Phi) is 5.13. The van der Waals surface area contributed by atoms with Crippen molar-refractivity contribution in [3.8, 4) is 5.75 Å². The maximum atomic E-state index is 5.78. The van der Waals surface area contributed by atoms with Crippen LogP contribution in [0.1, 0.15) is 31.5 Å². The van der Waals surface area contributed by atoms with Gasteiger partial charge >= 0.3 is 0 Å². The summed E-state index contributed by atoms with van der Waals surface area (Å²) in [5.74, 6) is 0.994. The molecule has 0 bridgehead atoms. The molecule has 0 N–H and O–H groups in total. The zero-order valence-corrected chi connectivity index (χ0v) is 11.9. The molecular weight excluding hydrogens is 266 g/mol. The molecule has 0 saturated carbocycles. The van der Waals surface area contributed by atoms with Crippen LogP contribution in [0.3, 0.4) is 0 Å². The first-order valence-electron chi connectivity index (χ1n) is 5.62. The van der Waals surface area contributed by atoms with Crippen LogP contribution < -0.4 is 4.74 Å². The van der Waals surface area contributed by atoms with Crippen LogP contribution in [-0.4, -0.2) is 10.7 Å². The molecule has 0 aliphatic rings. The molecule has 0 unspecified atom stereocenters. The van der Waals surface area contributed by atoms with E-state index in [1.807, 2.05) is 19.9 Å². The summed E-state index contributed by atoms with van der Waals surface area (Å²) in [4.78, 5) is 0. The van der Waals surface area contributed by atoms with E-state index < -0.39 is 0 Å². The van der Waals surface area contributed by atoms with E-state index in [0.717, 1.165) is 24.0 Å². The number of hydrogen-bond acceptors (Lipinski definition) is 1. The topological polar surface area (TPSA) is 14.2 Å². The third kappa shape index (κ3) is 3.14. The highest BCUT2D eigenvalue weighted by atomic mass is 79.9. The molecule has 0 fully saturated rings. The monoisotopic (exact) mass is 285 g/mol. The molecule has 1 heterocycles. The van der Waals surface area contributed by atoms with E-state index in [0.29, 0.717) is 0 Å². The summed E-state index contributed by atoms with van der Waals surface area (Å²) in [5.41, 5.74) is 2.52. The van der Waals surface area contributed by atoms with Gasteiger partial charge in [0.05, 0.1) is 6.10 Å². The third-order valence-electron chi connectivity index (χ3n) is 2.49. The van der Waals surface area contributed by atoms with Crippen LogP contribution in [0, 0.1) is 6.92 Å². The van der Waals surface area contributed by atoms with Gasteiger partial charge in [-0.2, -0.15) is 0 Å². The van der Waals surface area contributed by atoms with Crippen molar-refractivity contribution in [1.29, 1.82) is 0 Å². The van der Waals surface area contributed by atoms with Crippen LogP contribution in [-0.2, 0) is 11.9 Å². The molecule has 0 saturated heterocycles. The number of rotatable bonds is 6. The SMILES string of the molecule is C=CCCn1cc(OC(C)C)c(C)c1CBr. The zero-order chi connectivity index (χ0) is 12.1. The second kappa shape index (κ2) is 6.14. The lowest BCUT2D eigenvalue weighted by Crippen LogP contribution is -2.05. The van der Waals surface area contributed by atoms with Gasteiger partial charge in [-0.15, -0.1) is 6.58 Å². The molecule has 0 amide bonds. The van der Waals surface area contributed by atoms with Crippen LogP contribution in [0.4, 0.5) is 0 Å². The third-order valence-corrected chi connectivity index (χ3v) is 3.02. The van der Waals surface area contributed by atoms with Crippen LogP contribution in [0.25, 0.3) is 0 Å². The van der Waals surface area contributed by atoms with Crippen molar-refractivity contribution in [2.45, 2.75) is 45.2 Å². The Morgan fingerprint density at radius 1 is 1.56 bits per heavy atom. The highest BCUT2D eigenvalue weighted by Gasteiger charge is 2.12. The first-order valence-corrected chi connectivity index (χ1v) is 6.74. The average Bonchev–Trinajstić information content (AvgIpc) is 2.51. The van der Waals surface area contributed by atoms with Crippen LogP contribution >= 0.6 is 15.9 Å². The Hall–Kier alpha value is -0.700. The van der Waals surface area contributed by atoms with Gasteiger partial charge in [-0.3, -0.25) is 0 Å². The normalized spacial score (nSPS) is 10.8. The molecule has 0 aliphatic heterocycles. The Morgan fingerprint density at radius 3 is 2.75 bits per heavy atom. The molecular formula is C13H20BrNO. The van der Waals surface area contributed by atoms with Crippen molar-refractivity contribution >= 4 is 15.9 Å². The van der Waals surface area contributed by atoms with E-state index in [1.54, 1.807) is 0 Å². The molecule has 0 atom stereocenters. The minimum Gasteiger partial charge on any atom is -0.489 e. The van der Waals surface area contributed by atoms with Crippen LogP contribution in [0.5, 0.6) is 5.75 Å². The van der Waals surface area contributed by atoms with Gasteiger partial charge in [0.25, 0.3) is 0 Å². The Bertz CT molecular complexity index is 355. The fourth-order valence-corrected chi connectivity index (χ4v) is 2.40. The van der Waals surface area contributed by atoms with Crippen LogP contribution in [0.15, 0.2) is 18.9 Å². The van der Waals surface area contributed by atoms with Gasteiger partial charge in [-0.1, -0.05) is 22.0 Å². The molecule has 0 radical (unpaired) electrons. The molecule has 0 aliphatic carbocycles. The summed E-state index contributed by atoms with van der Waals surface area (Å²) in [6.07, 6.45) is 5.23. The molecule has 1 rings (SSSR count). The van der Waals surface area contributed by atoms with Gasteiger partial charge in [0, 0.05) is 29.3 Å². The lowest BCUT2D eigenvalue weighted by molar-refractivity contribution is 0.240. The standard InChI is InChI=1S/C13H20BrNO/c1-5-6-7-15-9-13(16-10(2)3)11(4)12(15)8-14/h5,9-10H,1,6-8H2,2-4H3. The molecule has 0 spiro atoms. The molecule has 1 aromatic heterocycles. The summed E-state index contributed by atoms with van der Waals surface area (Å²) in [6, 6.07) is 0. The minimum atomic E-state index is 0.220. The number of allylic oxidation sites excluding steroid dienone is 1. The summed E-state index contributed by atoms with van der Waals surface area (Å²) in [7, 11) is 0. The Morgan fingerprint density at radius 2 is 2.25 bits per heavy atom. The van der Waals surface area contributed by atoms with E-state index in [9.17, 15) is 0 Å². The molecule has 0 aromatic carbocycles. The summed E-state index contributed by atoms with van der Waals surface area (Å²) in [6.45, 7) is 10.9. The highest BCUT2D eigenvalue weighted by molar-refractivity contribution is 9.08. The number of hydrogen-bond donors (Lipinski definition) is 0.